The quantitative estimate of drug-likeness (QED) is 0.352. The fourth-order valence-electron chi connectivity index (χ4n) is 1.70. The molecule has 0 aliphatic rings. The second kappa shape index (κ2) is 7.92. The smallest absolute Gasteiger partial charge is 0.224 e. The summed E-state index contributed by atoms with van der Waals surface area (Å²) in [6, 6.07) is 0. The van der Waals surface area contributed by atoms with Crippen LogP contribution in [-0.2, 0) is 4.79 Å². The number of amides is 1. The van der Waals surface area contributed by atoms with Crippen LogP contribution >= 0.6 is 0 Å². The van der Waals surface area contributed by atoms with Gasteiger partial charge in [-0.25, -0.2) is 22.0 Å². The van der Waals surface area contributed by atoms with Crippen LogP contribution in [0.5, 0.6) is 0 Å². The fraction of sp³-hybridized carbons (Fsp3) is 0.462. The maximum absolute atomic E-state index is 13.3. The molecular weight excluding hydrogens is 295 g/mol. The molecule has 0 saturated heterocycles. The van der Waals surface area contributed by atoms with Crippen molar-refractivity contribution >= 4 is 11.6 Å². The lowest BCUT2D eigenvalue weighted by Crippen LogP contribution is -2.16. The van der Waals surface area contributed by atoms with E-state index in [-0.39, 0.29) is 6.42 Å². The average Bonchev–Trinajstić information content (AvgIpc) is 2.47. The number of carbonyl (C=O) groups excluding carboxylic acids is 1. The lowest BCUT2D eigenvalue weighted by atomic mass is 10.1. The van der Waals surface area contributed by atoms with Gasteiger partial charge in [0.25, 0.3) is 0 Å². The summed E-state index contributed by atoms with van der Waals surface area (Å²) < 4.78 is 65.3. The highest BCUT2D eigenvalue weighted by Gasteiger charge is 2.26. The predicted octanol–water partition coefficient (Wildman–Crippen LogP) is 3.23. The molecule has 0 spiro atoms. The molecule has 3 N–H and O–H groups in total. The number of carbonyl (C=O) groups is 1. The second-order valence-electron chi connectivity index (χ2n) is 4.45. The zero-order chi connectivity index (χ0) is 16.0. The van der Waals surface area contributed by atoms with E-state index in [2.05, 4.69) is 0 Å². The Kier molecular flexibility index (Phi) is 6.54. The molecule has 0 aliphatic carbocycles. The molecule has 1 aromatic rings. The van der Waals surface area contributed by atoms with Crippen LogP contribution in [0.3, 0.4) is 0 Å². The van der Waals surface area contributed by atoms with Crippen molar-refractivity contribution in [2.75, 3.05) is 11.9 Å². The van der Waals surface area contributed by atoms with Crippen molar-refractivity contribution in [1.29, 1.82) is 0 Å². The number of halogens is 5. The van der Waals surface area contributed by atoms with Crippen molar-refractivity contribution in [1.82, 2.24) is 0 Å². The number of nitrogens with one attached hydrogen (secondary N) is 1. The van der Waals surface area contributed by atoms with Gasteiger partial charge in [0.15, 0.2) is 23.3 Å². The van der Waals surface area contributed by atoms with Gasteiger partial charge in [-0.2, -0.15) is 0 Å². The van der Waals surface area contributed by atoms with Gasteiger partial charge in [0.2, 0.25) is 11.7 Å². The second-order valence-corrected chi connectivity index (χ2v) is 4.45. The van der Waals surface area contributed by atoms with Gasteiger partial charge >= 0.3 is 0 Å². The molecule has 21 heavy (non-hydrogen) atoms. The zero-order valence-corrected chi connectivity index (χ0v) is 11.1. The van der Waals surface area contributed by atoms with Crippen LogP contribution in [0.2, 0.25) is 0 Å². The number of rotatable bonds is 7. The number of benzene rings is 1. The minimum atomic E-state index is -2.26. The normalized spacial score (nSPS) is 10.8. The Morgan fingerprint density at radius 3 is 1.81 bits per heavy atom. The summed E-state index contributed by atoms with van der Waals surface area (Å²) in [5.41, 5.74) is 3.96. The van der Waals surface area contributed by atoms with E-state index in [1.54, 1.807) is 5.32 Å². The van der Waals surface area contributed by atoms with Crippen LogP contribution in [0.15, 0.2) is 0 Å². The molecule has 0 radical (unpaired) electrons. The summed E-state index contributed by atoms with van der Waals surface area (Å²) >= 11 is 0. The minimum absolute atomic E-state index is 0.0793. The van der Waals surface area contributed by atoms with Crippen molar-refractivity contribution < 1.29 is 26.7 Å². The Bertz CT molecular complexity index is 493. The SMILES string of the molecule is NCCCCCCC(=O)Nc1c(F)c(F)c(F)c(F)c1F. The molecule has 0 heterocycles. The molecule has 0 aromatic heterocycles. The highest BCUT2D eigenvalue weighted by molar-refractivity contribution is 5.90. The van der Waals surface area contributed by atoms with Crippen LogP contribution in [0.1, 0.15) is 32.1 Å². The van der Waals surface area contributed by atoms with Crippen molar-refractivity contribution in [3.05, 3.63) is 29.1 Å². The van der Waals surface area contributed by atoms with Gasteiger partial charge < -0.3 is 11.1 Å². The van der Waals surface area contributed by atoms with E-state index < -0.39 is 40.7 Å². The van der Waals surface area contributed by atoms with Gasteiger partial charge in [0.1, 0.15) is 5.69 Å². The molecule has 1 rings (SSSR count). The van der Waals surface area contributed by atoms with E-state index in [9.17, 15) is 26.7 Å². The van der Waals surface area contributed by atoms with Crippen LogP contribution in [0.4, 0.5) is 27.6 Å². The van der Waals surface area contributed by atoms with E-state index in [0.717, 1.165) is 12.8 Å². The molecule has 118 valence electrons. The van der Waals surface area contributed by atoms with Crippen LogP contribution in [-0.4, -0.2) is 12.5 Å². The summed E-state index contributed by atoms with van der Waals surface area (Å²) in [4.78, 5) is 11.4. The number of anilines is 1. The maximum Gasteiger partial charge on any atom is 0.224 e. The largest absolute Gasteiger partial charge is 0.330 e. The molecule has 3 nitrogen and oxygen atoms in total. The number of unbranched alkanes of at least 4 members (excludes halogenated alkanes) is 3. The predicted molar refractivity (Wildman–Crippen MR) is 67.0 cm³/mol. The highest BCUT2D eigenvalue weighted by Crippen LogP contribution is 2.27. The third-order valence-corrected chi connectivity index (χ3v) is 2.83. The number of hydrogen-bond donors (Lipinski definition) is 2. The lowest BCUT2D eigenvalue weighted by molar-refractivity contribution is -0.116. The monoisotopic (exact) mass is 310 g/mol. The zero-order valence-electron chi connectivity index (χ0n) is 11.1. The minimum Gasteiger partial charge on any atom is -0.330 e. The molecule has 0 bridgehead atoms. The van der Waals surface area contributed by atoms with Crippen molar-refractivity contribution in [3.63, 3.8) is 0 Å². The Balaban J connectivity index is 2.69. The Hall–Kier alpha value is -1.70. The van der Waals surface area contributed by atoms with Crippen molar-refractivity contribution in [2.24, 2.45) is 5.73 Å². The van der Waals surface area contributed by atoms with Crippen LogP contribution in [0.25, 0.3) is 0 Å². The lowest BCUT2D eigenvalue weighted by Gasteiger charge is -2.09. The summed E-state index contributed by atoms with van der Waals surface area (Å²) in [5.74, 6) is -11.4. The first kappa shape index (κ1) is 17.4. The third-order valence-electron chi connectivity index (χ3n) is 2.83. The first-order valence-corrected chi connectivity index (χ1v) is 6.41. The fourth-order valence-corrected chi connectivity index (χ4v) is 1.70. The molecule has 0 unspecified atom stereocenters. The molecule has 0 fully saturated rings. The summed E-state index contributed by atoms with van der Waals surface area (Å²) in [6.45, 7) is 0.525. The molecule has 0 saturated carbocycles. The van der Waals surface area contributed by atoms with Crippen LogP contribution < -0.4 is 11.1 Å². The first-order valence-electron chi connectivity index (χ1n) is 6.41. The van der Waals surface area contributed by atoms with Gasteiger partial charge in [0, 0.05) is 6.42 Å². The van der Waals surface area contributed by atoms with E-state index in [0.29, 0.717) is 19.4 Å². The molecule has 0 atom stereocenters. The van der Waals surface area contributed by atoms with E-state index in [1.807, 2.05) is 0 Å². The van der Waals surface area contributed by atoms with Gasteiger partial charge in [0.05, 0.1) is 0 Å². The Morgan fingerprint density at radius 1 is 0.810 bits per heavy atom. The Morgan fingerprint density at radius 2 is 1.29 bits per heavy atom. The molecule has 0 aliphatic heterocycles. The van der Waals surface area contributed by atoms with Crippen LogP contribution in [0, 0.1) is 29.1 Å². The summed E-state index contributed by atoms with van der Waals surface area (Å²) in [5, 5.41) is 1.72. The van der Waals surface area contributed by atoms with Gasteiger partial charge in [-0.05, 0) is 19.4 Å². The van der Waals surface area contributed by atoms with Crippen molar-refractivity contribution in [2.45, 2.75) is 32.1 Å². The van der Waals surface area contributed by atoms with Gasteiger partial charge in [-0.1, -0.05) is 12.8 Å². The molecule has 8 heteroatoms. The van der Waals surface area contributed by atoms with E-state index in [4.69, 9.17) is 5.73 Å². The van der Waals surface area contributed by atoms with E-state index >= 15 is 0 Å². The summed E-state index contributed by atoms with van der Waals surface area (Å²) in [7, 11) is 0. The summed E-state index contributed by atoms with van der Waals surface area (Å²) in [6.07, 6.45) is 2.62. The molecular formula is C13H15F5N2O. The first-order chi connectivity index (χ1) is 9.90. The average molecular weight is 310 g/mol. The topological polar surface area (TPSA) is 55.1 Å². The molecule has 1 amide bonds. The Labute approximate surface area is 118 Å². The number of hydrogen-bond acceptors (Lipinski definition) is 2. The van der Waals surface area contributed by atoms with Gasteiger partial charge in [-0.15, -0.1) is 0 Å². The van der Waals surface area contributed by atoms with E-state index in [1.165, 1.54) is 0 Å². The molecule has 1 aromatic carbocycles. The third kappa shape index (κ3) is 4.38. The maximum atomic E-state index is 13.3. The van der Waals surface area contributed by atoms with Gasteiger partial charge in [-0.3, -0.25) is 4.79 Å². The van der Waals surface area contributed by atoms with Crippen molar-refractivity contribution in [3.8, 4) is 0 Å². The number of nitrogens with two attached hydrogens (primary N) is 1. The standard InChI is InChI=1S/C13H15F5N2O/c14-8-9(15)11(17)13(12(18)10(8)16)20-7(21)5-3-1-2-4-6-19/h1-6,19H2,(H,20,21). The highest BCUT2D eigenvalue weighted by atomic mass is 19.2.